The van der Waals surface area contributed by atoms with E-state index in [9.17, 15) is 4.79 Å². The second-order valence-corrected chi connectivity index (χ2v) is 2.15. The molecule has 0 saturated heterocycles. The maximum atomic E-state index is 10.3. The summed E-state index contributed by atoms with van der Waals surface area (Å²) in [6.45, 7) is 8.00. The molecule has 0 bridgehead atoms. The van der Waals surface area contributed by atoms with Crippen LogP contribution in [0.3, 0.4) is 0 Å². The zero-order chi connectivity index (χ0) is 12.1. The summed E-state index contributed by atoms with van der Waals surface area (Å²) in [4.78, 5) is 10.3. The Balaban J connectivity index is 0. The van der Waals surface area contributed by atoms with Gasteiger partial charge in [0, 0.05) is 6.08 Å². The highest BCUT2D eigenvalue weighted by molar-refractivity contribution is 5.90. The highest BCUT2D eigenvalue weighted by Gasteiger charge is 1.84. The Morgan fingerprint density at radius 2 is 1.53 bits per heavy atom. The largest absolute Gasteiger partial charge is 0.366 e. The first-order chi connectivity index (χ1) is 7.29. The zero-order valence-corrected chi connectivity index (χ0v) is 10.0. The SMILES string of the molecule is CC.CC.NC(=O)/C=C/c1ccccc1. The van der Waals surface area contributed by atoms with Gasteiger partial charge in [-0.1, -0.05) is 58.0 Å². The topological polar surface area (TPSA) is 43.1 Å². The number of carbonyl (C=O) groups is 1. The van der Waals surface area contributed by atoms with E-state index in [1.54, 1.807) is 6.08 Å². The third-order valence-corrected chi connectivity index (χ3v) is 1.24. The average Bonchev–Trinajstić information content (AvgIpc) is 2.33. The van der Waals surface area contributed by atoms with Crippen molar-refractivity contribution in [3.63, 3.8) is 0 Å². The van der Waals surface area contributed by atoms with Gasteiger partial charge >= 0.3 is 0 Å². The van der Waals surface area contributed by atoms with Crippen LogP contribution in [0.15, 0.2) is 36.4 Å². The van der Waals surface area contributed by atoms with E-state index in [2.05, 4.69) is 0 Å². The number of hydrogen-bond acceptors (Lipinski definition) is 1. The summed E-state index contributed by atoms with van der Waals surface area (Å²) in [5, 5.41) is 0. The van der Waals surface area contributed by atoms with E-state index >= 15 is 0 Å². The summed E-state index contributed by atoms with van der Waals surface area (Å²) in [5.41, 5.74) is 5.89. The monoisotopic (exact) mass is 207 g/mol. The van der Waals surface area contributed by atoms with Gasteiger partial charge in [0.25, 0.3) is 0 Å². The predicted molar refractivity (Wildman–Crippen MR) is 67.4 cm³/mol. The lowest BCUT2D eigenvalue weighted by atomic mass is 10.2. The Hall–Kier alpha value is -1.57. The Morgan fingerprint density at radius 3 is 1.93 bits per heavy atom. The molecule has 0 atom stereocenters. The van der Waals surface area contributed by atoms with Crippen molar-refractivity contribution in [2.75, 3.05) is 0 Å². The van der Waals surface area contributed by atoms with Crippen molar-refractivity contribution < 1.29 is 4.79 Å². The maximum Gasteiger partial charge on any atom is 0.241 e. The van der Waals surface area contributed by atoms with Gasteiger partial charge in [-0.05, 0) is 11.6 Å². The highest BCUT2D eigenvalue weighted by Crippen LogP contribution is 1.99. The van der Waals surface area contributed by atoms with Crippen molar-refractivity contribution in [1.82, 2.24) is 0 Å². The lowest BCUT2D eigenvalue weighted by Gasteiger charge is -1.88. The maximum absolute atomic E-state index is 10.3. The normalized spacial score (nSPS) is 8.27. The van der Waals surface area contributed by atoms with Crippen molar-refractivity contribution in [2.45, 2.75) is 27.7 Å². The van der Waals surface area contributed by atoms with Gasteiger partial charge in [-0.25, -0.2) is 0 Å². The van der Waals surface area contributed by atoms with Gasteiger partial charge in [0.1, 0.15) is 0 Å². The minimum Gasteiger partial charge on any atom is -0.366 e. The van der Waals surface area contributed by atoms with Crippen LogP contribution in [0.5, 0.6) is 0 Å². The summed E-state index contributed by atoms with van der Waals surface area (Å²) in [6, 6.07) is 9.53. The Morgan fingerprint density at radius 1 is 1.07 bits per heavy atom. The van der Waals surface area contributed by atoms with Gasteiger partial charge in [0.2, 0.25) is 5.91 Å². The molecular formula is C13H21NO. The molecule has 1 aromatic carbocycles. The second kappa shape index (κ2) is 12.4. The van der Waals surface area contributed by atoms with E-state index in [0.717, 1.165) is 5.56 Å². The number of hydrogen-bond donors (Lipinski definition) is 1. The molecule has 0 fully saturated rings. The van der Waals surface area contributed by atoms with E-state index in [-0.39, 0.29) is 0 Å². The van der Waals surface area contributed by atoms with Gasteiger partial charge in [-0.3, -0.25) is 4.79 Å². The molecule has 0 aliphatic rings. The minimum absolute atomic E-state index is 0.422. The first kappa shape index (κ1) is 15.9. The molecule has 0 aromatic heterocycles. The third-order valence-electron chi connectivity index (χ3n) is 1.24. The molecule has 1 rings (SSSR count). The van der Waals surface area contributed by atoms with E-state index in [0.29, 0.717) is 0 Å². The van der Waals surface area contributed by atoms with Crippen LogP contribution in [0.25, 0.3) is 6.08 Å². The fourth-order valence-corrected chi connectivity index (χ4v) is 0.743. The van der Waals surface area contributed by atoms with Crippen LogP contribution >= 0.6 is 0 Å². The van der Waals surface area contributed by atoms with Crippen LogP contribution in [0.4, 0.5) is 0 Å². The number of carbonyl (C=O) groups excluding carboxylic acids is 1. The van der Waals surface area contributed by atoms with Crippen molar-refractivity contribution in [3.05, 3.63) is 42.0 Å². The molecule has 2 nitrogen and oxygen atoms in total. The molecule has 0 heterocycles. The lowest BCUT2D eigenvalue weighted by Crippen LogP contribution is -2.04. The van der Waals surface area contributed by atoms with Crippen molar-refractivity contribution in [2.24, 2.45) is 5.73 Å². The quantitative estimate of drug-likeness (QED) is 0.743. The molecule has 84 valence electrons. The number of primary amides is 1. The molecule has 2 N–H and O–H groups in total. The van der Waals surface area contributed by atoms with Gasteiger partial charge in [-0.15, -0.1) is 0 Å². The molecule has 1 aromatic rings. The minimum atomic E-state index is -0.422. The van der Waals surface area contributed by atoms with Gasteiger partial charge in [0.05, 0.1) is 0 Å². The van der Waals surface area contributed by atoms with Crippen LogP contribution < -0.4 is 5.73 Å². The van der Waals surface area contributed by atoms with Gasteiger partial charge in [0.15, 0.2) is 0 Å². The second-order valence-electron chi connectivity index (χ2n) is 2.15. The highest BCUT2D eigenvalue weighted by atomic mass is 16.1. The smallest absolute Gasteiger partial charge is 0.241 e. The molecule has 2 heteroatoms. The fraction of sp³-hybridized carbons (Fsp3) is 0.308. The van der Waals surface area contributed by atoms with Crippen molar-refractivity contribution in [1.29, 1.82) is 0 Å². The zero-order valence-electron chi connectivity index (χ0n) is 10.0. The number of amides is 1. The molecule has 0 radical (unpaired) electrons. The van der Waals surface area contributed by atoms with Crippen LogP contribution in [-0.2, 0) is 4.79 Å². The number of benzene rings is 1. The Bertz CT molecular complexity index is 265. The van der Waals surface area contributed by atoms with Crippen LogP contribution in [0.2, 0.25) is 0 Å². The molecular weight excluding hydrogens is 186 g/mol. The molecule has 15 heavy (non-hydrogen) atoms. The summed E-state index contributed by atoms with van der Waals surface area (Å²) in [5.74, 6) is -0.422. The summed E-state index contributed by atoms with van der Waals surface area (Å²) in [6.07, 6.45) is 3.03. The number of nitrogens with two attached hydrogens (primary N) is 1. The molecule has 0 aliphatic heterocycles. The van der Waals surface area contributed by atoms with E-state index in [4.69, 9.17) is 5.73 Å². The van der Waals surface area contributed by atoms with E-state index in [1.807, 2.05) is 58.0 Å². The van der Waals surface area contributed by atoms with Gasteiger partial charge < -0.3 is 5.73 Å². The van der Waals surface area contributed by atoms with Crippen molar-refractivity contribution >= 4 is 12.0 Å². The third kappa shape index (κ3) is 10.4. The lowest BCUT2D eigenvalue weighted by molar-refractivity contribution is -0.113. The molecule has 0 unspecified atom stereocenters. The first-order valence-electron chi connectivity index (χ1n) is 5.31. The van der Waals surface area contributed by atoms with E-state index in [1.165, 1.54) is 6.08 Å². The number of rotatable bonds is 2. The van der Waals surface area contributed by atoms with Gasteiger partial charge in [-0.2, -0.15) is 0 Å². The van der Waals surface area contributed by atoms with Crippen LogP contribution in [0.1, 0.15) is 33.3 Å². The summed E-state index contributed by atoms with van der Waals surface area (Å²) in [7, 11) is 0. The first-order valence-corrected chi connectivity index (χ1v) is 5.31. The standard InChI is InChI=1S/C9H9NO.2C2H6/c10-9(11)7-6-8-4-2-1-3-5-8;2*1-2/h1-7H,(H2,10,11);2*1-2H3/b7-6+;;. The molecule has 0 aliphatic carbocycles. The molecule has 1 amide bonds. The van der Waals surface area contributed by atoms with Crippen LogP contribution in [0, 0.1) is 0 Å². The summed E-state index contributed by atoms with van der Waals surface area (Å²) < 4.78 is 0. The Kier molecular flexibility index (Phi) is 13.2. The van der Waals surface area contributed by atoms with E-state index < -0.39 is 5.91 Å². The fourth-order valence-electron chi connectivity index (χ4n) is 0.743. The average molecular weight is 207 g/mol. The Labute approximate surface area is 92.8 Å². The van der Waals surface area contributed by atoms with Crippen LogP contribution in [-0.4, -0.2) is 5.91 Å². The van der Waals surface area contributed by atoms with Crippen molar-refractivity contribution in [3.8, 4) is 0 Å². The predicted octanol–water partition coefficient (Wildman–Crippen LogP) is 3.24. The molecule has 0 spiro atoms. The molecule has 0 saturated carbocycles. The summed E-state index contributed by atoms with van der Waals surface area (Å²) >= 11 is 0.